The molecule has 0 aliphatic rings. The Morgan fingerprint density at radius 1 is 1.35 bits per heavy atom. The summed E-state index contributed by atoms with van der Waals surface area (Å²) in [4.78, 5) is 21.2. The molecular formula is C11H13NO5. The van der Waals surface area contributed by atoms with Gasteiger partial charge < -0.3 is 10.2 Å². The van der Waals surface area contributed by atoms with Crippen LogP contribution in [0.4, 0.5) is 5.69 Å². The van der Waals surface area contributed by atoms with Crippen molar-refractivity contribution in [1.29, 1.82) is 0 Å². The molecule has 1 rings (SSSR count). The normalized spacial score (nSPS) is 11.2. The number of nitrogens with zero attached hydrogens (tertiary/aromatic N) is 1. The monoisotopic (exact) mass is 239 g/mol. The molecule has 2 N–H and O–H groups in total. The second-order valence-corrected chi connectivity index (χ2v) is 4.70. The summed E-state index contributed by atoms with van der Waals surface area (Å²) in [5.74, 6) is -1.73. The summed E-state index contributed by atoms with van der Waals surface area (Å²) in [5, 5.41) is 29.3. The number of carbonyl (C=O) groups is 1. The van der Waals surface area contributed by atoms with Gasteiger partial charge in [0.1, 0.15) is 11.3 Å². The Morgan fingerprint density at radius 2 is 1.88 bits per heavy atom. The van der Waals surface area contributed by atoms with Gasteiger partial charge in [0.05, 0.1) is 4.92 Å². The Bertz CT molecular complexity index is 487. The molecule has 0 aliphatic carbocycles. The van der Waals surface area contributed by atoms with Gasteiger partial charge in [-0.2, -0.15) is 0 Å². The van der Waals surface area contributed by atoms with Gasteiger partial charge in [-0.25, -0.2) is 4.79 Å². The van der Waals surface area contributed by atoms with Gasteiger partial charge in [0.15, 0.2) is 0 Å². The fraction of sp³-hybridized carbons (Fsp3) is 0.364. The van der Waals surface area contributed by atoms with Crippen molar-refractivity contribution in [3.05, 3.63) is 33.4 Å². The summed E-state index contributed by atoms with van der Waals surface area (Å²) in [5.41, 5.74) is -1.41. The Hall–Kier alpha value is -2.11. The molecule has 0 saturated heterocycles. The lowest BCUT2D eigenvalue weighted by Crippen LogP contribution is -2.16. The zero-order chi connectivity index (χ0) is 13.4. The highest BCUT2D eigenvalue weighted by Crippen LogP contribution is 2.36. The predicted octanol–water partition coefficient (Wildman–Crippen LogP) is 2.30. The van der Waals surface area contributed by atoms with Crippen molar-refractivity contribution < 1.29 is 19.9 Å². The van der Waals surface area contributed by atoms with Crippen LogP contribution in [0.25, 0.3) is 0 Å². The number of hydrogen-bond acceptors (Lipinski definition) is 4. The van der Waals surface area contributed by atoms with E-state index in [9.17, 15) is 20.0 Å². The van der Waals surface area contributed by atoms with Crippen molar-refractivity contribution in [2.75, 3.05) is 0 Å². The number of carboxylic acids is 1. The van der Waals surface area contributed by atoms with Gasteiger partial charge in [-0.1, -0.05) is 20.8 Å². The number of nitro groups is 1. The number of carboxylic acid groups (broad SMARTS) is 1. The molecule has 0 aromatic heterocycles. The van der Waals surface area contributed by atoms with E-state index in [4.69, 9.17) is 5.11 Å². The molecule has 0 saturated carbocycles. The topological polar surface area (TPSA) is 101 Å². The SMILES string of the molecule is CC(C)(C)c1cc(O)cc(C(=O)O)c1[N+](=O)[O-]. The molecule has 0 fully saturated rings. The Labute approximate surface area is 97.7 Å². The highest BCUT2D eigenvalue weighted by molar-refractivity contribution is 5.93. The van der Waals surface area contributed by atoms with Crippen LogP contribution >= 0.6 is 0 Å². The van der Waals surface area contributed by atoms with Crippen molar-refractivity contribution in [1.82, 2.24) is 0 Å². The highest BCUT2D eigenvalue weighted by atomic mass is 16.6. The third-order valence-corrected chi connectivity index (χ3v) is 2.32. The minimum Gasteiger partial charge on any atom is -0.508 e. The summed E-state index contributed by atoms with van der Waals surface area (Å²) < 4.78 is 0. The van der Waals surface area contributed by atoms with Gasteiger partial charge in [-0.05, 0) is 11.5 Å². The van der Waals surface area contributed by atoms with Gasteiger partial charge in [0.2, 0.25) is 0 Å². The number of phenolic OH excluding ortho intramolecular Hbond substituents is 1. The molecule has 0 unspecified atom stereocenters. The van der Waals surface area contributed by atoms with Gasteiger partial charge in [-0.15, -0.1) is 0 Å². The zero-order valence-electron chi connectivity index (χ0n) is 9.72. The molecule has 17 heavy (non-hydrogen) atoms. The summed E-state index contributed by atoms with van der Waals surface area (Å²) in [6.07, 6.45) is 0. The average molecular weight is 239 g/mol. The van der Waals surface area contributed by atoms with E-state index in [1.165, 1.54) is 6.07 Å². The molecule has 0 heterocycles. The lowest BCUT2D eigenvalue weighted by Gasteiger charge is -2.19. The maximum atomic E-state index is 11.0. The molecule has 6 heteroatoms. The van der Waals surface area contributed by atoms with Gasteiger partial charge in [0, 0.05) is 11.6 Å². The number of hydrogen-bond donors (Lipinski definition) is 2. The number of aromatic carboxylic acids is 1. The van der Waals surface area contributed by atoms with E-state index in [-0.39, 0.29) is 11.3 Å². The maximum absolute atomic E-state index is 11.0. The van der Waals surface area contributed by atoms with Crippen LogP contribution in [0.2, 0.25) is 0 Å². The zero-order valence-corrected chi connectivity index (χ0v) is 9.72. The first-order chi connectivity index (χ1) is 7.64. The Kier molecular flexibility index (Phi) is 3.08. The summed E-state index contributed by atoms with van der Waals surface area (Å²) in [6.45, 7) is 5.13. The third kappa shape index (κ3) is 2.52. The quantitative estimate of drug-likeness (QED) is 0.609. The van der Waals surface area contributed by atoms with E-state index in [0.717, 1.165) is 6.07 Å². The lowest BCUT2D eigenvalue weighted by atomic mass is 9.84. The first-order valence-electron chi connectivity index (χ1n) is 4.89. The van der Waals surface area contributed by atoms with Crippen LogP contribution in [0.5, 0.6) is 5.75 Å². The molecule has 1 aromatic carbocycles. The molecule has 0 spiro atoms. The van der Waals surface area contributed by atoms with Crippen molar-refractivity contribution in [2.24, 2.45) is 0 Å². The largest absolute Gasteiger partial charge is 0.508 e. The molecular weight excluding hydrogens is 226 g/mol. The van der Waals surface area contributed by atoms with E-state index >= 15 is 0 Å². The Balaban J connectivity index is 3.70. The number of rotatable bonds is 2. The number of nitro benzene ring substituents is 1. The van der Waals surface area contributed by atoms with Crippen LogP contribution in [0.1, 0.15) is 36.7 Å². The minimum absolute atomic E-state index is 0.194. The third-order valence-electron chi connectivity index (χ3n) is 2.32. The van der Waals surface area contributed by atoms with Crippen LogP contribution in [0.3, 0.4) is 0 Å². The van der Waals surface area contributed by atoms with E-state index in [1.807, 2.05) is 0 Å². The van der Waals surface area contributed by atoms with Crippen molar-refractivity contribution in [3.8, 4) is 5.75 Å². The number of benzene rings is 1. The summed E-state index contributed by atoms with van der Waals surface area (Å²) >= 11 is 0. The van der Waals surface area contributed by atoms with E-state index in [2.05, 4.69) is 0 Å². The second kappa shape index (κ2) is 4.04. The predicted molar refractivity (Wildman–Crippen MR) is 60.4 cm³/mol. The fourth-order valence-electron chi connectivity index (χ4n) is 1.55. The molecule has 0 radical (unpaired) electrons. The summed E-state index contributed by atoms with van der Waals surface area (Å²) in [6, 6.07) is 2.11. The van der Waals surface area contributed by atoms with Crippen LogP contribution < -0.4 is 0 Å². The van der Waals surface area contributed by atoms with Gasteiger partial charge in [0.25, 0.3) is 5.69 Å². The molecule has 0 atom stereocenters. The van der Waals surface area contributed by atoms with Crippen LogP contribution in [0.15, 0.2) is 12.1 Å². The van der Waals surface area contributed by atoms with Crippen molar-refractivity contribution >= 4 is 11.7 Å². The van der Waals surface area contributed by atoms with Crippen molar-refractivity contribution in [3.63, 3.8) is 0 Å². The van der Waals surface area contributed by atoms with Crippen LogP contribution in [0, 0.1) is 10.1 Å². The molecule has 6 nitrogen and oxygen atoms in total. The van der Waals surface area contributed by atoms with Gasteiger partial charge >= 0.3 is 5.97 Å². The molecule has 0 aliphatic heterocycles. The standard InChI is InChI=1S/C11H13NO5/c1-11(2,3)8-5-6(13)4-7(10(14)15)9(8)12(16)17/h4-5,13H,1-3H3,(H,14,15). The Morgan fingerprint density at radius 3 is 2.24 bits per heavy atom. The van der Waals surface area contributed by atoms with Crippen molar-refractivity contribution in [2.45, 2.75) is 26.2 Å². The molecule has 1 aromatic rings. The first kappa shape index (κ1) is 13.0. The van der Waals surface area contributed by atoms with Crippen LogP contribution in [-0.2, 0) is 5.41 Å². The molecule has 0 amide bonds. The molecule has 0 bridgehead atoms. The highest BCUT2D eigenvalue weighted by Gasteiger charge is 2.31. The second-order valence-electron chi connectivity index (χ2n) is 4.70. The smallest absolute Gasteiger partial charge is 0.342 e. The van der Waals surface area contributed by atoms with E-state index in [0.29, 0.717) is 0 Å². The maximum Gasteiger partial charge on any atom is 0.342 e. The van der Waals surface area contributed by atoms with E-state index < -0.39 is 27.6 Å². The fourth-order valence-corrected chi connectivity index (χ4v) is 1.55. The summed E-state index contributed by atoms with van der Waals surface area (Å²) in [7, 11) is 0. The van der Waals surface area contributed by atoms with Crippen LogP contribution in [-0.4, -0.2) is 21.1 Å². The number of phenols is 1. The minimum atomic E-state index is -1.43. The average Bonchev–Trinajstić information content (AvgIpc) is 2.14. The lowest BCUT2D eigenvalue weighted by molar-refractivity contribution is -0.386. The van der Waals surface area contributed by atoms with E-state index in [1.54, 1.807) is 20.8 Å². The number of aromatic hydroxyl groups is 1. The van der Waals surface area contributed by atoms with Gasteiger partial charge in [-0.3, -0.25) is 10.1 Å². The first-order valence-corrected chi connectivity index (χ1v) is 4.89. The molecule has 92 valence electrons.